The molecule has 0 aliphatic carbocycles. The Balaban J connectivity index is 1.18. The summed E-state index contributed by atoms with van der Waals surface area (Å²) in [6.07, 6.45) is 4.10. The number of nitrogens with one attached hydrogen (secondary N) is 1. The maximum absolute atomic E-state index is 12.8. The first-order valence-corrected chi connectivity index (χ1v) is 13.8. The van der Waals surface area contributed by atoms with Gasteiger partial charge in [-0.2, -0.15) is 0 Å². The molecule has 4 rings (SSSR count). The number of piperidine rings is 2. The van der Waals surface area contributed by atoms with Crippen LogP contribution in [0.25, 0.3) is 11.5 Å². The fraction of sp³-hybridized carbons (Fsp3) is 0.667. The highest BCUT2D eigenvalue weighted by Gasteiger charge is 2.37. The summed E-state index contributed by atoms with van der Waals surface area (Å²) in [5, 5.41) is 3.22. The number of hydrogen-bond donors (Lipinski definition) is 1. The highest BCUT2D eigenvalue weighted by molar-refractivity contribution is 5.78. The summed E-state index contributed by atoms with van der Waals surface area (Å²) in [4.78, 5) is 22.6. The quantitative estimate of drug-likeness (QED) is 0.496. The second kappa shape index (κ2) is 11.1. The van der Waals surface area contributed by atoms with Crippen molar-refractivity contribution in [3.8, 4) is 11.5 Å². The molecule has 0 spiro atoms. The van der Waals surface area contributed by atoms with Gasteiger partial charge in [0.25, 0.3) is 0 Å². The van der Waals surface area contributed by atoms with E-state index in [2.05, 4.69) is 61.9 Å². The molecule has 2 aromatic rings. The van der Waals surface area contributed by atoms with Gasteiger partial charge in [0.15, 0.2) is 0 Å². The van der Waals surface area contributed by atoms with Crippen molar-refractivity contribution in [2.75, 3.05) is 39.3 Å². The van der Waals surface area contributed by atoms with Crippen LogP contribution >= 0.6 is 0 Å². The highest BCUT2D eigenvalue weighted by Crippen LogP contribution is 2.39. The number of nitrogens with zero attached hydrogens (tertiary/aromatic N) is 3. The third kappa shape index (κ3) is 6.98. The topological polar surface area (TPSA) is 61.6 Å². The first-order chi connectivity index (χ1) is 17.0. The standard InChI is InChI=1S/C30H46N4O2/c1-22-10-7-8-11-25(22)28-32-26(23(2)36-28)18-33-16-12-24(13-17-33)27(35)31-14-9-15-34-20-29(3,4)19-30(5,6)21-34/h7-8,10-11,24H,9,12-21H2,1-6H3,(H,31,35). The summed E-state index contributed by atoms with van der Waals surface area (Å²) in [7, 11) is 0. The van der Waals surface area contributed by atoms with Crippen LogP contribution < -0.4 is 5.32 Å². The number of aryl methyl sites for hydroxylation is 2. The molecule has 0 radical (unpaired) electrons. The van der Waals surface area contributed by atoms with Crippen molar-refractivity contribution in [2.45, 2.75) is 73.8 Å². The minimum atomic E-state index is 0.120. The summed E-state index contributed by atoms with van der Waals surface area (Å²) >= 11 is 0. The summed E-state index contributed by atoms with van der Waals surface area (Å²) in [6, 6.07) is 8.19. The van der Waals surface area contributed by atoms with Gasteiger partial charge < -0.3 is 14.6 Å². The zero-order valence-corrected chi connectivity index (χ0v) is 23.3. The normalized spacial score (nSPS) is 20.9. The molecule has 2 aliphatic heterocycles. The van der Waals surface area contributed by atoms with E-state index in [0.717, 1.165) is 82.1 Å². The number of oxazole rings is 1. The molecule has 6 heteroatoms. The van der Waals surface area contributed by atoms with Crippen molar-refractivity contribution < 1.29 is 9.21 Å². The van der Waals surface area contributed by atoms with Gasteiger partial charge in [-0.15, -0.1) is 0 Å². The van der Waals surface area contributed by atoms with Crippen LogP contribution in [0.1, 0.15) is 70.4 Å². The summed E-state index contributed by atoms with van der Waals surface area (Å²) in [5.41, 5.74) is 3.95. The predicted molar refractivity (Wildman–Crippen MR) is 146 cm³/mol. The monoisotopic (exact) mass is 494 g/mol. The molecule has 0 atom stereocenters. The largest absolute Gasteiger partial charge is 0.441 e. The number of likely N-dealkylation sites (tertiary alicyclic amines) is 2. The van der Waals surface area contributed by atoms with E-state index in [4.69, 9.17) is 9.40 Å². The Hall–Kier alpha value is -2.18. The average molecular weight is 495 g/mol. The molecule has 3 heterocycles. The van der Waals surface area contributed by atoms with Gasteiger partial charge in [0.2, 0.25) is 11.8 Å². The average Bonchev–Trinajstić information content (AvgIpc) is 3.15. The Bertz CT molecular complexity index is 1020. The van der Waals surface area contributed by atoms with E-state index in [1.165, 1.54) is 12.0 Å². The smallest absolute Gasteiger partial charge is 0.226 e. The molecule has 2 aliphatic rings. The SMILES string of the molecule is Cc1ccccc1-c1nc(CN2CCC(C(=O)NCCCN3CC(C)(C)CC(C)(C)C3)CC2)c(C)o1. The molecule has 6 nitrogen and oxygen atoms in total. The van der Waals surface area contributed by atoms with E-state index >= 15 is 0 Å². The lowest BCUT2D eigenvalue weighted by Crippen LogP contribution is -2.49. The number of benzene rings is 1. The second-order valence-electron chi connectivity index (χ2n) is 12.7. The Morgan fingerprint density at radius 3 is 2.39 bits per heavy atom. The van der Waals surface area contributed by atoms with Gasteiger partial charge in [-0.3, -0.25) is 9.69 Å². The van der Waals surface area contributed by atoms with Crippen LogP contribution in [0.2, 0.25) is 0 Å². The van der Waals surface area contributed by atoms with Crippen LogP contribution in [0, 0.1) is 30.6 Å². The number of aromatic nitrogens is 1. The lowest BCUT2D eigenvalue weighted by molar-refractivity contribution is -0.126. The molecular formula is C30H46N4O2. The van der Waals surface area contributed by atoms with E-state index in [0.29, 0.717) is 16.7 Å². The maximum atomic E-state index is 12.8. The molecule has 198 valence electrons. The fourth-order valence-corrected chi connectivity index (χ4v) is 6.56. The maximum Gasteiger partial charge on any atom is 0.226 e. The van der Waals surface area contributed by atoms with Crippen LogP contribution in [0.4, 0.5) is 0 Å². The number of carbonyl (C=O) groups is 1. The van der Waals surface area contributed by atoms with Gasteiger partial charge in [0.05, 0.1) is 5.69 Å². The van der Waals surface area contributed by atoms with Gasteiger partial charge in [0, 0.05) is 37.7 Å². The highest BCUT2D eigenvalue weighted by atomic mass is 16.4. The number of hydrogen-bond acceptors (Lipinski definition) is 5. The first-order valence-electron chi connectivity index (χ1n) is 13.8. The molecule has 1 aromatic carbocycles. The Morgan fingerprint density at radius 1 is 1.06 bits per heavy atom. The van der Waals surface area contributed by atoms with E-state index in [9.17, 15) is 4.79 Å². The predicted octanol–water partition coefficient (Wildman–Crippen LogP) is 5.43. The van der Waals surface area contributed by atoms with Crippen LogP contribution in [0.5, 0.6) is 0 Å². The lowest BCUT2D eigenvalue weighted by Gasteiger charge is -2.47. The van der Waals surface area contributed by atoms with Crippen LogP contribution in [-0.4, -0.2) is 60.0 Å². The lowest BCUT2D eigenvalue weighted by atomic mass is 9.71. The minimum Gasteiger partial charge on any atom is -0.441 e. The summed E-state index contributed by atoms with van der Waals surface area (Å²) in [6.45, 7) is 20.3. The van der Waals surface area contributed by atoms with E-state index in [1.54, 1.807) is 0 Å². The van der Waals surface area contributed by atoms with Crippen molar-refractivity contribution in [1.29, 1.82) is 0 Å². The van der Waals surface area contributed by atoms with E-state index in [1.807, 2.05) is 19.1 Å². The molecule has 1 aromatic heterocycles. The summed E-state index contributed by atoms with van der Waals surface area (Å²) < 4.78 is 6.00. The van der Waals surface area contributed by atoms with Crippen molar-refractivity contribution in [3.05, 3.63) is 41.3 Å². The number of carbonyl (C=O) groups excluding carboxylic acids is 1. The van der Waals surface area contributed by atoms with Crippen LogP contribution in [-0.2, 0) is 11.3 Å². The van der Waals surface area contributed by atoms with Gasteiger partial charge >= 0.3 is 0 Å². The van der Waals surface area contributed by atoms with Crippen molar-refractivity contribution in [1.82, 2.24) is 20.1 Å². The zero-order valence-electron chi connectivity index (χ0n) is 23.3. The molecule has 1 amide bonds. The molecule has 0 bridgehead atoms. The molecule has 2 fully saturated rings. The molecule has 36 heavy (non-hydrogen) atoms. The molecular weight excluding hydrogens is 448 g/mol. The number of amides is 1. The van der Waals surface area contributed by atoms with E-state index < -0.39 is 0 Å². The van der Waals surface area contributed by atoms with Gasteiger partial charge in [-0.25, -0.2) is 4.98 Å². The third-order valence-electron chi connectivity index (χ3n) is 7.81. The Morgan fingerprint density at radius 2 is 1.72 bits per heavy atom. The van der Waals surface area contributed by atoms with Crippen molar-refractivity contribution >= 4 is 5.91 Å². The minimum absolute atomic E-state index is 0.120. The first kappa shape index (κ1) is 26.9. The van der Waals surface area contributed by atoms with Crippen molar-refractivity contribution in [2.24, 2.45) is 16.7 Å². The number of rotatable bonds is 8. The Labute approximate surface area is 217 Å². The molecule has 0 unspecified atom stereocenters. The third-order valence-corrected chi connectivity index (χ3v) is 7.81. The van der Waals surface area contributed by atoms with E-state index in [-0.39, 0.29) is 11.8 Å². The molecule has 1 N–H and O–H groups in total. The Kier molecular flexibility index (Phi) is 8.25. The van der Waals surface area contributed by atoms with Gasteiger partial charge in [-0.05, 0) is 81.6 Å². The van der Waals surface area contributed by atoms with Gasteiger partial charge in [0.1, 0.15) is 5.76 Å². The molecule has 0 saturated carbocycles. The zero-order chi connectivity index (χ0) is 25.9. The van der Waals surface area contributed by atoms with Crippen LogP contribution in [0.15, 0.2) is 28.7 Å². The second-order valence-corrected chi connectivity index (χ2v) is 12.7. The molecule has 2 saturated heterocycles. The fourth-order valence-electron chi connectivity index (χ4n) is 6.56. The van der Waals surface area contributed by atoms with Crippen LogP contribution in [0.3, 0.4) is 0 Å². The summed E-state index contributed by atoms with van der Waals surface area (Å²) in [5.74, 6) is 1.93. The van der Waals surface area contributed by atoms with Gasteiger partial charge in [-0.1, -0.05) is 45.9 Å². The van der Waals surface area contributed by atoms with Crippen molar-refractivity contribution in [3.63, 3.8) is 0 Å².